The van der Waals surface area contributed by atoms with E-state index in [4.69, 9.17) is 0 Å². The summed E-state index contributed by atoms with van der Waals surface area (Å²) in [6, 6.07) is 8.57. The lowest BCUT2D eigenvalue weighted by Gasteiger charge is -2.27. The van der Waals surface area contributed by atoms with E-state index in [0.717, 1.165) is 12.8 Å². The van der Waals surface area contributed by atoms with Crippen LogP contribution in [-0.2, 0) is 6.42 Å². The molecule has 104 valence electrons. The number of fused-ring (bicyclic) bond motifs is 1. The highest BCUT2D eigenvalue weighted by atomic mass is 16.3. The standard InChI is InChI=1S/C17H25NO/c19-17-13-14-7-2-3-8-15(14)16(17)9-6-12-18-10-4-1-5-11-18/h2-3,7-8,16-17,19H,1,4-6,9-13H2. The van der Waals surface area contributed by atoms with E-state index >= 15 is 0 Å². The van der Waals surface area contributed by atoms with Gasteiger partial charge in [0.15, 0.2) is 0 Å². The van der Waals surface area contributed by atoms with Gasteiger partial charge in [-0.1, -0.05) is 30.7 Å². The Kier molecular flexibility index (Phi) is 4.19. The quantitative estimate of drug-likeness (QED) is 0.898. The van der Waals surface area contributed by atoms with Crippen molar-refractivity contribution in [2.45, 2.75) is 50.5 Å². The van der Waals surface area contributed by atoms with Crippen molar-refractivity contribution in [3.8, 4) is 0 Å². The van der Waals surface area contributed by atoms with Crippen molar-refractivity contribution in [3.05, 3.63) is 35.4 Å². The van der Waals surface area contributed by atoms with Gasteiger partial charge in [0.1, 0.15) is 0 Å². The minimum atomic E-state index is -0.154. The third-order valence-electron chi connectivity index (χ3n) is 4.79. The molecule has 2 nitrogen and oxygen atoms in total. The molecule has 0 saturated carbocycles. The molecule has 2 atom stereocenters. The normalized spacial score (nSPS) is 27.4. The Labute approximate surface area is 116 Å². The average Bonchev–Trinajstić information content (AvgIpc) is 2.76. The largest absolute Gasteiger partial charge is 0.392 e. The number of piperidine rings is 1. The number of aliphatic hydroxyl groups is 1. The molecule has 2 unspecified atom stereocenters. The lowest BCUT2D eigenvalue weighted by molar-refractivity contribution is 0.146. The van der Waals surface area contributed by atoms with Gasteiger partial charge in [-0.2, -0.15) is 0 Å². The van der Waals surface area contributed by atoms with Gasteiger partial charge in [-0.15, -0.1) is 0 Å². The summed E-state index contributed by atoms with van der Waals surface area (Å²) in [5.74, 6) is 0.376. The van der Waals surface area contributed by atoms with Crippen LogP contribution in [0.2, 0.25) is 0 Å². The molecule has 0 radical (unpaired) electrons. The highest BCUT2D eigenvalue weighted by Crippen LogP contribution is 2.36. The van der Waals surface area contributed by atoms with Gasteiger partial charge in [0, 0.05) is 5.92 Å². The van der Waals surface area contributed by atoms with E-state index in [0.29, 0.717) is 5.92 Å². The molecular weight excluding hydrogens is 234 g/mol. The number of benzene rings is 1. The Bertz CT molecular complexity index is 411. The smallest absolute Gasteiger partial charge is 0.0649 e. The van der Waals surface area contributed by atoms with Crippen molar-refractivity contribution >= 4 is 0 Å². The molecule has 2 heteroatoms. The molecule has 0 amide bonds. The second kappa shape index (κ2) is 6.06. The number of rotatable bonds is 4. The minimum Gasteiger partial charge on any atom is -0.392 e. The first kappa shape index (κ1) is 13.1. The Morgan fingerprint density at radius 2 is 1.89 bits per heavy atom. The molecule has 1 heterocycles. The second-order valence-electron chi connectivity index (χ2n) is 6.12. The second-order valence-corrected chi connectivity index (χ2v) is 6.12. The monoisotopic (exact) mass is 259 g/mol. The van der Waals surface area contributed by atoms with Gasteiger partial charge in [-0.3, -0.25) is 0 Å². The summed E-state index contributed by atoms with van der Waals surface area (Å²) in [6.07, 6.45) is 7.20. The van der Waals surface area contributed by atoms with E-state index in [9.17, 15) is 5.11 Å². The fourth-order valence-electron chi connectivity index (χ4n) is 3.72. The SMILES string of the molecule is OC1Cc2ccccc2C1CCCN1CCCCC1. The lowest BCUT2D eigenvalue weighted by atomic mass is 9.94. The van der Waals surface area contributed by atoms with Crippen LogP contribution in [0.15, 0.2) is 24.3 Å². The molecule has 1 aliphatic carbocycles. The van der Waals surface area contributed by atoms with Crippen LogP contribution < -0.4 is 0 Å². The first-order chi connectivity index (χ1) is 9.34. The Morgan fingerprint density at radius 3 is 2.74 bits per heavy atom. The van der Waals surface area contributed by atoms with Gasteiger partial charge >= 0.3 is 0 Å². The van der Waals surface area contributed by atoms with E-state index in [2.05, 4.69) is 29.2 Å². The summed E-state index contributed by atoms with van der Waals surface area (Å²) < 4.78 is 0. The van der Waals surface area contributed by atoms with Crippen LogP contribution in [0.1, 0.15) is 49.1 Å². The molecule has 2 aliphatic rings. The summed E-state index contributed by atoms with van der Waals surface area (Å²) in [6.45, 7) is 3.78. The average molecular weight is 259 g/mol. The molecule has 1 aliphatic heterocycles. The van der Waals surface area contributed by atoms with Crippen molar-refractivity contribution in [3.63, 3.8) is 0 Å². The molecule has 1 aromatic carbocycles. The first-order valence-electron chi connectivity index (χ1n) is 7.83. The molecule has 19 heavy (non-hydrogen) atoms. The zero-order chi connectivity index (χ0) is 13.1. The molecule has 1 N–H and O–H groups in total. The minimum absolute atomic E-state index is 0.154. The van der Waals surface area contributed by atoms with E-state index in [1.54, 1.807) is 0 Å². The van der Waals surface area contributed by atoms with Crippen LogP contribution in [0.3, 0.4) is 0 Å². The van der Waals surface area contributed by atoms with Crippen LogP contribution >= 0.6 is 0 Å². The number of hydrogen-bond acceptors (Lipinski definition) is 2. The van der Waals surface area contributed by atoms with Gasteiger partial charge in [0.05, 0.1) is 6.10 Å². The van der Waals surface area contributed by atoms with Gasteiger partial charge < -0.3 is 10.0 Å². The Hall–Kier alpha value is -0.860. The summed E-state index contributed by atoms with van der Waals surface area (Å²) in [4.78, 5) is 2.59. The van der Waals surface area contributed by atoms with Crippen molar-refractivity contribution < 1.29 is 5.11 Å². The molecule has 1 aromatic rings. The molecular formula is C17H25NO. The highest BCUT2D eigenvalue weighted by Gasteiger charge is 2.30. The van der Waals surface area contributed by atoms with Gasteiger partial charge in [-0.25, -0.2) is 0 Å². The molecule has 0 bridgehead atoms. The predicted octanol–water partition coefficient (Wildman–Crippen LogP) is 2.95. The zero-order valence-corrected chi connectivity index (χ0v) is 11.7. The lowest BCUT2D eigenvalue weighted by Crippen LogP contribution is -2.31. The fraction of sp³-hybridized carbons (Fsp3) is 0.647. The zero-order valence-electron chi connectivity index (χ0n) is 11.7. The maximum absolute atomic E-state index is 10.2. The van der Waals surface area contributed by atoms with E-state index in [1.807, 2.05) is 0 Å². The molecule has 1 saturated heterocycles. The maximum atomic E-state index is 10.2. The number of hydrogen-bond donors (Lipinski definition) is 1. The van der Waals surface area contributed by atoms with Crippen LogP contribution in [0.5, 0.6) is 0 Å². The van der Waals surface area contributed by atoms with Crippen LogP contribution in [0, 0.1) is 0 Å². The van der Waals surface area contributed by atoms with Crippen molar-refractivity contribution in [1.29, 1.82) is 0 Å². The molecule has 1 fully saturated rings. The van der Waals surface area contributed by atoms with Crippen molar-refractivity contribution in [1.82, 2.24) is 4.90 Å². The topological polar surface area (TPSA) is 23.5 Å². The van der Waals surface area contributed by atoms with E-state index < -0.39 is 0 Å². The van der Waals surface area contributed by atoms with E-state index in [1.165, 1.54) is 56.4 Å². The van der Waals surface area contributed by atoms with Crippen molar-refractivity contribution in [2.24, 2.45) is 0 Å². The Balaban J connectivity index is 1.52. The van der Waals surface area contributed by atoms with Gasteiger partial charge in [0.2, 0.25) is 0 Å². The maximum Gasteiger partial charge on any atom is 0.0649 e. The van der Waals surface area contributed by atoms with Crippen LogP contribution in [0.25, 0.3) is 0 Å². The third-order valence-corrected chi connectivity index (χ3v) is 4.79. The predicted molar refractivity (Wildman–Crippen MR) is 78.4 cm³/mol. The Morgan fingerprint density at radius 1 is 1.11 bits per heavy atom. The summed E-state index contributed by atoms with van der Waals surface area (Å²) in [5.41, 5.74) is 2.76. The summed E-state index contributed by atoms with van der Waals surface area (Å²) in [7, 11) is 0. The number of likely N-dealkylation sites (tertiary alicyclic amines) is 1. The summed E-state index contributed by atoms with van der Waals surface area (Å²) >= 11 is 0. The van der Waals surface area contributed by atoms with Crippen LogP contribution in [-0.4, -0.2) is 35.7 Å². The van der Waals surface area contributed by atoms with Gasteiger partial charge in [-0.05, 0) is 62.9 Å². The highest BCUT2D eigenvalue weighted by molar-refractivity contribution is 5.36. The first-order valence-corrected chi connectivity index (χ1v) is 7.83. The fourth-order valence-corrected chi connectivity index (χ4v) is 3.72. The van der Waals surface area contributed by atoms with Crippen molar-refractivity contribution in [2.75, 3.05) is 19.6 Å². The van der Waals surface area contributed by atoms with Gasteiger partial charge in [0.25, 0.3) is 0 Å². The molecule has 3 rings (SSSR count). The number of aliphatic hydroxyl groups excluding tert-OH is 1. The molecule has 0 aromatic heterocycles. The summed E-state index contributed by atoms with van der Waals surface area (Å²) in [5, 5.41) is 10.2. The third kappa shape index (κ3) is 3.01. The van der Waals surface area contributed by atoms with E-state index in [-0.39, 0.29) is 6.10 Å². The van der Waals surface area contributed by atoms with Crippen LogP contribution in [0.4, 0.5) is 0 Å². The molecule has 0 spiro atoms. The number of nitrogens with zero attached hydrogens (tertiary/aromatic N) is 1.